The van der Waals surface area contributed by atoms with Crippen molar-refractivity contribution in [1.82, 2.24) is 0 Å². The molecule has 0 radical (unpaired) electrons. The van der Waals surface area contributed by atoms with Crippen LogP contribution in [0, 0.1) is 13.8 Å². The highest BCUT2D eigenvalue weighted by Crippen LogP contribution is 2.39. The number of benzene rings is 6. The van der Waals surface area contributed by atoms with E-state index in [0.717, 1.165) is 58.7 Å². The fourth-order valence-corrected chi connectivity index (χ4v) is 7.67. The van der Waals surface area contributed by atoms with Gasteiger partial charge in [-0.2, -0.15) is 0 Å². The van der Waals surface area contributed by atoms with Gasteiger partial charge in [-0.05, 0) is 138 Å². The normalized spacial score (nSPS) is 13.0. The van der Waals surface area contributed by atoms with Crippen molar-refractivity contribution in [3.05, 3.63) is 215 Å². The molecule has 56 heavy (non-hydrogen) atoms. The van der Waals surface area contributed by atoms with Crippen LogP contribution >= 0.6 is 0 Å². The highest BCUT2D eigenvalue weighted by molar-refractivity contribution is 5.92. The third kappa shape index (κ3) is 8.06. The number of nitrogens with one attached hydrogen (secondary N) is 1. The number of fused-ring (bicyclic) bond motifs is 3. The van der Waals surface area contributed by atoms with Crippen molar-refractivity contribution in [1.29, 1.82) is 0 Å². The van der Waals surface area contributed by atoms with E-state index in [1.165, 1.54) is 55.5 Å². The first-order valence-electron chi connectivity index (χ1n) is 19.6. The van der Waals surface area contributed by atoms with Gasteiger partial charge in [-0.15, -0.1) is 0 Å². The lowest BCUT2D eigenvalue weighted by Crippen LogP contribution is -1.99. The molecule has 1 heterocycles. The van der Waals surface area contributed by atoms with Crippen LogP contribution in [0.25, 0.3) is 57.0 Å². The first-order chi connectivity index (χ1) is 27.5. The first kappa shape index (κ1) is 36.3. The van der Waals surface area contributed by atoms with E-state index in [1.54, 1.807) is 0 Å². The molecule has 0 saturated carbocycles. The molecule has 0 bridgehead atoms. The quantitative estimate of drug-likeness (QED) is 0.134. The summed E-state index contributed by atoms with van der Waals surface area (Å²) in [7, 11) is 0. The summed E-state index contributed by atoms with van der Waals surface area (Å²) in [4.78, 5) is 0. The lowest BCUT2D eigenvalue weighted by Gasteiger charge is -2.19. The van der Waals surface area contributed by atoms with Gasteiger partial charge in [0.25, 0.3) is 0 Å². The van der Waals surface area contributed by atoms with Gasteiger partial charge in [0.1, 0.15) is 11.3 Å². The Labute approximate surface area is 331 Å². The Morgan fingerprint density at radius 3 is 2.32 bits per heavy atom. The van der Waals surface area contributed by atoms with Gasteiger partial charge in [-0.3, -0.25) is 0 Å². The zero-order valence-corrected chi connectivity index (χ0v) is 32.4. The molecule has 0 fully saturated rings. The van der Waals surface area contributed by atoms with E-state index >= 15 is 0 Å². The maximum Gasteiger partial charge on any atom is 0.135 e. The maximum atomic E-state index is 6.13. The van der Waals surface area contributed by atoms with Gasteiger partial charge < -0.3 is 9.73 Å². The summed E-state index contributed by atoms with van der Waals surface area (Å²) in [6, 6.07) is 47.7. The van der Waals surface area contributed by atoms with E-state index < -0.39 is 0 Å². The SMILES string of the molecule is C/C=C\c1c(C)ccc(C)c1-c1cc(C(/C=C\c2ccc(-c3ccccc3)cc2)=C/C=C/Cc2ccc3oc4c(c3c2)CCC=C4)ccc1Nc1ccccc1. The Hall–Kier alpha value is -6.64. The molecule has 0 aliphatic heterocycles. The molecule has 2 nitrogen and oxygen atoms in total. The van der Waals surface area contributed by atoms with Gasteiger partial charge >= 0.3 is 0 Å². The van der Waals surface area contributed by atoms with Crippen molar-refractivity contribution >= 4 is 46.1 Å². The first-order valence-corrected chi connectivity index (χ1v) is 19.6. The second-order valence-corrected chi connectivity index (χ2v) is 14.5. The predicted molar refractivity (Wildman–Crippen MR) is 241 cm³/mol. The van der Waals surface area contributed by atoms with Crippen LogP contribution in [0.4, 0.5) is 11.4 Å². The molecule has 0 unspecified atom stereocenters. The molecule has 0 saturated heterocycles. The molecular weight excluding hydrogens is 679 g/mol. The Bertz CT molecular complexity index is 2630. The number of hydrogen-bond donors (Lipinski definition) is 1. The number of anilines is 2. The molecule has 0 amide bonds. The number of allylic oxidation sites excluding steroid dienone is 7. The van der Waals surface area contributed by atoms with Crippen LogP contribution in [0.1, 0.15) is 58.0 Å². The Morgan fingerprint density at radius 1 is 0.750 bits per heavy atom. The molecule has 0 atom stereocenters. The summed E-state index contributed by atoms with van der Waals surface area (Å²) in [5, 5.41) is 4.99. The summed E-state index contributed by atoms with van der Waals surface area (Å²) in [6.07, 6.45) is 22.8. The van der Waals surface area contributed by atoms with Gasteiger partial charge in [-0.1, -0.05) is 146 Å². The van der Waals surface area contributed by atoms with E-state index in [9.17, 15) is 0 Å². The average molecular weight is 726 g/mol. The molecule has 1 aromatic heterocycles. The monoisotopic (exact) mass is 725 g/mol. The smallest absolute Gasteiger partial charge is 0.135 e. The van der Waals surface area contributed by atoms with Crippen LogP contribution in [0.2, 0.25) is 0 Å². The highest BCUT2D eigenvalue weighted by Gasteiger charge is 2.16. The lowest BCUT2D eigenvalue weighted by atomic mass is 9.88. The molecule has 1 N–H and O–H groups in total. The van der Waals surface area contributed by atoms with Crippen LogP contribution in [-0.4, -0.2) is 0 Å². The summed E-state index contributed by atoms with van der Waals surface area (Å²) < 4.78 is 6.13. The average Bonchev–Trinajstić information content (AvgIpc) is 3.61. The summed E-state index contributed by atoms with van der Waals surface area (Å²) in [6.45, 7) is 6.50. The van der Waals surface area contributed by atoms with Crippen molar-refractivity contribution in [3.63, 3.8) is 0 Å². The topological polar surface area (TPSA) is 25.2 Å². The third-order valence-corrected chi connectivity index (χ3v) is 10.6. The molecule has 8 rings (SSSR count). The van der Waals surface area contributed by atoms with Crippen LogP contribution in [-0.2, 0) is 12.8 Å². The van der Waals surface area contributed by atoms with E-state index in [4.69, 9.17) is 4.42 Å². The van der Waals surface area contributed by atoms with Gasteiger partial charge in [0.15, 0.2) is 0 Å². The molecule has 6 aromatic carbocycles. The zero-order chi connectivity index (χ0) is 38.3. The maximum absolute atomic E-state index is 6.13. The third-order valence-electron chi connectivity index (χ3n) is 10.6. The Morgan fingerprint density at radius 2 is 1.52 bits per heavy atom. The Kier molecular flexibility index (Phi) is 10.9. The lowest BCUT2D eigenvalue weighted by molar-refractivity contribution is 0.595. The van der Waals surface area contributed by atoms with Gasteiger partial charge in [0.2, 0.25) is 0 Å². The van der Waals surface area contributed by atoms with E-state index in [-0.39, 0.29) is 0 Å². The van der Waals surface area contributed by atoms with E-state index in [2.05, 4.69) is 214 Å². The van der Waals surface area contributed by atoms with Gasteiger partial charge in [0.05, 0.1) is 0 Å². The minimum atomic E-state index is 0.834. The molecule has 1 aliphatic rings. The van der Waals surface area contributed by atoms with E-state index in [1.807, 2.05) is 0 Å². The molecule has 274 valence electrons. The van der Waals surface area contributed by atoms with Crippen molar-refractivity contribution in [2.24, 2.45) is 0 Å². The molecule has 2 heteroatoms. The van der Waals surface area contributed by atoms with Crippen molar-refractivity contribution in [2.45, 2.75) is 40.0 Å². The van der Waals surface area contributed by atoms with Crippen LogP contribution in [0.15, 0.2) is 174 Å². The van der Waals surface area contributed by atoms with E-state index in [0.29, 0.717) is 0 Å². The van der Waals surface area contributed by atoms with Gasteiger partial charge in [-0.25, -0.2) is 0 Å². The minimum Gasteiger partial charge on any atom is -0.456 e. The molecule has 0 spiro atoms. The number of furan rings is 1. The Balaban J connectivity index is 1.18. The highest BCUT2D eigenvalue weighted by atomic mass is 16.3. The summed E-state index contributed by atoms with van der Waals surface area (Å²) in [5.41, 5.74) is 17.7. The largest absolute Gasteiger partial charge is 0.456 e. The number of hydrogen-bond acceptors (Lipinski definition) is 2. The second kappa shape index (κ2) is 16.8. The number of aryl methyl sites for hydroxylation is 3. The standard InChI is InChI=1S/C54H47NO/c1-4-15-47-38(2)24-25-39(3)54(47)50-37-45(33-34-51(50)55-46-20-9-6-10-21-46)43(30-26-40-27-31-44(32-28-40)42-17-7-5-8-18-42)19-12-11-16-41-29-35-53-49(36-41)48-22-13-14-23-52(48)56-53/h4-12,14-15,17-21,23-37,55H,13,16,22H2,1-3H3/b12-11+,15-4-,30-26-,43-19+. The summed E-state index contributed by atoms with van der Waals surface area (Å²) in [5.74, 6) is 1.01. The summed E-state index contributed by atoms with van der Waals surface area (Å²) >= 11 is 0. The van der Waals surface area contributed by atoms with Gasteiger partial charge in [0, 0.05) is 27.9 Å². The van der Waals surface area contributed by atoms with Crippen LogP contribution in [0.3, 0.4) is 0 Å². The van der Waals surface area contributed by atoms with Crippen LogP contribution in [0.5, 0.6) is 0 Å². The fraction of sp³-hybridized carbons (Fsp3) is 0.111. The zero-order valence-electron chi connectivity index (χ0n) is 32.4. The van der Waals surface area contributed by atoms with Crippen LogP contribution < -0.4 is 5.32 Å². The minimum absolute atomic E-state index is 0.834. The fourth-order valence-electron chi connectivity index (χ4n) is 7.67. The second-order valence-electron chi connectivity index (χ2n) is 14.5. The predicted octanol–water partition coefficient (Wildman–Crippen LogP) is 15.0. The van der Waals surface area contributed by atoms with Crippen molar-refractivity contribution < 1.29 is 4.42 Å². The molecule has 7 aromatic rings. The number of para-hydroxylation sites is 1. The molecule has 1 aliphatic carbocycles. The number of rotatable bonds is 11. The van der Waals surface area contributed by atoms with Crippen molar-refractivity contribution in [2.75, 3.05) is 5.32 Å². The molecular formula is C54H47NO. The van der Waals surface area contributed by atoms with Crippen molar-refractivity contribution in [3.8, 4) is 22.3 Å².